The molecule has 5 atom stereocenters. The second-order valence-electron chi connectivity index (χ2n) is 10.3. The Bertz CT molecular complexity index is 1390. The first-order chi connectivity index (χ1) is 22.3. The Morgan fingerprint density at radius 1 is 0.870 bits per heavy atom. The molecule has 46 heavy (non-hydrogen) atoms. The lowest BCUT2D eigenvalue weighted by molar-refractivity contribution is -0.125. The summed E-state index contributed by atoms with van der Waals surface area (Å²) in [4.78, 5) is 57.4. The van der Waals surface area contributed by atoms with Crippen LogP contribution in [0.5, 0.6) is 0 Å². The van der Waals surface area contributed by atoms with Gasteiger partial charge in [-0.3, -0.25) is 19.4 Å². The molecule has 3 amide bonds. The Labute approximate surface area is 275 Å². The van der Waals surface area contributed by atoms with E-state index in [4.69, 9.17) is 9.93 Å². The highest BCUT2D eigenvalue weighted by atomic mass is 32.2. The van der Waals surface area contributed by atoms with Crippen LogP contribution in [-0.4, -0.2) is 74.8 Å². The molecule has 3 rings (SSSR count). The van der Waals surface area contributed by atoms with Crippen molar-refractivity contribution in [1.29, 1.82) is 5.26 Å². The van der Waals surface area contributed by atoms with E-state index in [1.54, 1.807) is 48.7 Å². The molecular weight excluding hydrogens is 610 g/mol. The Morgan fingerprint density at radius 2 is 1.48 bits per heavy atom. The first-order valence-electron chi connectivity index (χ1n) is 14.7. The summed E-state index contributed by atoms with van der Waals surface area (Å²) in [6.45, 7) is 2.07. The molecule has 13 heteroatoms. The van der Waals surface area contributed by atoms with E-state index in [0.29, 0.717) is 16.9 Å². The molecule has 0 aliphatic heterocycles. The zero-order valence-electron chi connectivity index (χ0n) is 25.5. The molecule has 0 radical (unpaired) electrons. The molecule has 12 nitrogen and oxygen atoms in total. The van der Waals surface area contributed by atoms with Gasteiger partial charge in [-0.05, 0) is 48.4 Å². The van der Waals surface area contributed by atoms with Crippen LogP contribution in [0, 0.1) is 21.3 Å². The molecule has 0 saturated carbocycles. The van der Waals surface area contributed by atoms with Crippen molar-refractivity contribution >= 4 is 29.5 Å². The van der Waals surface area contributed by atoms with Gasteiger partial charge in [0.2, 0.25) is 5.91 Å². The number of thioether (sulfide) groups is 1. The maximum atomic E-state index is 13.7. The first kappa shape index (κ1) is 37.5. The molecular formula is C33H43N5O7S. The SMILES string of the molecule is CCCCSC[C@@H](NC(=O)c1cccnc1)C(=O)N[C@@H](Cc1ccccc1)[C@@H](O)[C@H](O)[C@@H](CC#N)NC(=O)c1ccccc1.O=O.[HH].[HH]. The third-order valence-corrected chi connectivity index (χ3v) is 8.08. The molecule has 0 bridgehead atoms. The third-order valence-electron chi connectivity index (χ3n) is 6.94. The average molecular weight is 654 g/mol. The number of aliphatic hydroxyl groups is 2. The molecule has 1 heterocycles. The quantitative estimate of drug-likeness (QED) is 0.135. The smallest absolute Gasteiger partial charge is 0.253 e. The Balaban J connectivity index is 0.00000542. The maximum Gasteiger partial charge on any atom is 0.253 e. The van der Waals surface area contributed by atoms with E-state index in [0.717, 1.165) is 24.2 Å². The standard InChI is InChI=1S/C33H39N5O5S.O2.2H2/c1-2-3-19-44-22-28(38-32(42)25-15-10-18-35-21-25)33(43)37-27(20-23-11-6-4-7-12-23)30(40)29(39)26(16-17-34)36-31(41)24-13-8-5-9-14-24;1-2;;/h4-15,18,21,26-30,39-40H,2-3,16,19-20,22H2,1H3,(H,36,41)(H,37,43)(H,38,42);;2*1H/t26-,27+,28-,29-,30-;;;/m1.../s1. The number of unbranched alkanes of at least 4 members (excludes halogenated alkanes) is 1. The summed E-state index contributed by atoms with van der Waals surface area (Å²) in [5, 5.41) is 40.4. The number of rotatable bonds is 17. The van der Waals surface area contributed by atoms with E-state index >= 15 is 0 Å². The van der Waals surface area contributed by atoms with Gasteiger partial charge in [0.05, 0.1) is 30.1 Å². The number of hydrogen-bond donors (Lipinski definition) is 5. The van der Waals surface area contributed by atoms with E-state index in [9.17, 15) is 29.9 Å². The molecule has 0 saturated heterocycles. The fourth-order valence-electron chi connectivity index (χ4n) is 4.45. The summed E-state index contributed by atoms with van der Waals surface area (Å²) in [6, 6.07) is 19.5. The molecule has 0 unspecified atom stereocenters. The van der Waals surface area contributed by atoms with Crippen molar-refractivity contribution in [3.05, 3.63) is 112 Å². The molecule has 1 aromatic heterocycles. The minimum Gasteiger partial charge on any atom is -0.388 e. The predicted octanol–water partition coefficient (Wildman–Crippen LogP) is 3.43. The van der Waals surface area contributed by atoms with Gasteiger partial charge in [-0.2, -0.15) is 17.0 Å². The number of nitrogens with one attached hydrogen (secondary N) is 3. The van der Waals surface area contributed by atoms with Gasteiger partial charge in [-0.15, -0.1) is 0 Å². The normalized spacial score (nSPS) is 13.7. The van der Waals surface area contributed by atoms with E-state index in [2.05, 4.69) is 27.9 Å². The van der Waals surface area contributed by atoms with Crippen LogP contribution in [0.15, 0.2) is 85.2 Å². The number of carbonyl (C=O) groups excluding carboxylic acids is 3. The van der Waals surface area contributed by atoms with Crippen LogP contribution in [0.25, 0.3) is 0 Å². The Hall–Kier alpha value is -4.64. The lowest BCUT2D eigenvalue weighted by atomic mass is 9.92. The summed E-state index contributed by atoms with van der Waals surface area (Å²) in [5.74, 6) is -0.424. The van der Waals surface area contributed by atoms with Crippen LogP contribution in [0.2, 0.25) is 0 Å². The molecule has 0 fully saturated rings. The van der Waals surface area contributed by atoms with Gasteiger partial charge >= 0.3 is 0 Å². The number of aromatic nitrogens is 1. The molecule has 248 valence electrons. The van der Waals surface area contributed by atoms with Crippen molar-refractivity contribution in [1.82, 2.24) is 20.9 Å². The Kier molecular flexibility index (Phi) is 17.3. The van der Waals surface area contributed by atoms with E-state index < -0.39 is 48.1 Å². The van der Waals surface area contributed by atoms with Crippen LogP contribution in [0.1, 0.15) is 55.3 Å². The molecule has 0 spiro atoms. The third kappa shape index (κ3) is 12.4. The molecule has 2 aromatic carbocycles. The zero-order valence-corrected chi connectivity index (χ0v) is 26.3. The number of aliphatic hydroxyl groups excluding tert-OH is 2. The number of hydrogen-bond acceptors (Lipinski definition) is 10. The van der Waals surface area contributed by atoms with Crippen molar-refractivity contribution in [3.8, 4) is 6.07 Å². The largest absolute Gasteiger partial charge is 0.388 e. The summed E-state index contributed by atoms with van der Waals surface area (Å²) in [5.41, 5.74) is 1.41. The summed E-state index contributed by atoms with van der Waals surface area (Å²) >= 11 is 1.53. The summed E-state index contributed by atoms with van der Waals surface area (Å²) in [6.07, 6.45) is 1.58. The average Bonchev–Trinajstić information content (AvgIpc) is 3.10. The minimum atomic E-state index is -1.60. The van der Waals surface area contributed by atoms with Crippen LogP contribution in [-0.2, 0) is 11.2 Å². The molecule has 3 aromatic rings. The summed E-state index contributed by atoms with van der Waals surface area (Å²) < 4.78 is 0. The lowest BCUT2D eigenvalue weighted by Gasteiger charge is -2.33. The topological polar surface area (TPSA) is 199 Å². The minimum absolute atomic E-state index is 0. The number of amides is 3. The molecule has 0 aliphatic rings. The van der Waals surface area contributed by atoms with Crippen molar-refractivity contribution in [2.45, 2.75) is 62.9 Å². The summed E-state index contributed by atoms with van der Waals surface area (Å²) in [7, 11) is 0. The second kappa shape index (κ2) is 21.2. The highest BCUT2D eigenvalue weighted by Gasteiger charge is 2.35. The number of carbonyl (C=O) groups is 3. The number of nitriles is 1. The predicted molar refractivity (Wildman–Crippen MR) is 181 cm³/mol. The van der Waals surface area contributed by atoms with Gasteiger partial charge in [-0.1, -0.05) is 61.9 Å². The van der Waals surface area contributed by atoms with Crippen LogP contribution < -0.4 is 16.0 Å². The van der Waals surface area contributed by atoms with Gasteiger partial charge in [-0.25, -0.2) is 0 Å². The lowest BCUT2D eigenvalue weighted by Crippen LogP contribution is -2.59. The fraction of sp³-hybridized carbons (Fsp3) is 0.364. The Morgan fingerprint density at radius 3 is 2.09 bits per heavy atom. The molecule has 5 N–H and O–H groups in total. The van der Waals surface area contributed by atoms with Crippen LogP contribution in [0.4, 0.5) is 0 Å². The fourth-order valence-corrected chi connectivity index (χ4v) is 5.58. The van der Waals surface area contributed by atoms with Gasteiger partial charge < -0.3 is 26.2 Å². The number of pyridine rings is 1. The highest BCUT2D eigenvalue weighted by molar-refractivity contribution is 7.99. The van der Waals surface area contributed by atoms with Crippen LogP contribution in [0.3, 0.4) is 0 Å². The highest BCUT2D eigenvalue weighted by Crippen LogP contribution is 2.15. The van der Waals surface area contributed by atoms with E-state index in [1.807, 2.05) is 36.4 Å². The zero-order chi connectivity index (χ0) is 33.7. The van der Waals surface area contributed by atoms with Crippen molar-refractivity contribution in [2.75, 3.05) is 11.5 Å². The molecule has 0 aliphatic carbocycles. The second-order valence-corrected chi connectivity index (χ2v) is 11.4. The van der Waals surface area contributed by atoms with Crippen molar-refractivity contribution < 1.29 is 27.4 Å². The monoisotopic (exact) mass is 653 g/mol. The van der Waals surface area contributed by atoms with E-state index in [1.165, 1.54) is 18.0 Å². The van der Waals surface area contributed by atoms with Gasteiger partial charge in [0.25, 0.3) is 11.8 Å². The van der Waals surface area contributed by atoms with Gasteiger partial charge in [0, 0.05) is 36.5 Å². The van der Waals surface area contributed by atoms with Gasteiger partial charge in [0.1, 0.15) is 18.2 Å². The first-order valence-corrected chi connectivity index (χ1v) is 15.9. The van der Waals surface area contributed by atoms with Crippen molar-refractivity contribution in [2.24, 2.45) is 0 Å². The maximum absolute atomic E-state index is 13.7. The van der Waals surface area contributed by atoms with Gasteiger partial charge in [0.15, 0.2) is 0 Å². The van der Waals surface area contributed by atoms with Crippen LogP contribution >= 0.6 is 11.8 Å². The van der Waals surface area contributed by atoms with E-state index in [-0.39, 0.29) is 15.7 Å². The number of nitrogens with zero attached hydrogens (tertiary/aromatic N) is 2. The number of benzene rings is 2. The van der Waals surface area contributed by atoms with Crippen molar-refractivity contribution in [3.63, 3.8) is 0 Å².